The Labute approximate surface area is 133 Å². The summed E-state index contributed by atoms with van der Waals surface area (Å²) in [5.41, 5.74) is 0.0799. The Morgan fingerprint density at radius 2 is 1.55 bits per heavy atom. The smallest absolute Gasteiger partial charge is 0.330 e. The topological polar surface area (TPSA) is 63.7 Å². The number of carbonyl (C=O) groups is 3. The highest BCUT2D eigenvalue weighted by Gasteiger charge is 2.34. The van der Waals surface area contributed by atoms with Crippen LogP contribution in [0.5, 0.6) is 0 Å². The molecule has 1 aliphatic rings. The van der Waals surface area contributed by atoms with Gasteiger partial charge in [0.05, 0.1) is 6.42 Å². The molecule has 1 saturated heterocycles. The van der Waals surface area contributed by atoms with E-state index < -0.39 is 17.8 Å². The van der Waals surface area contributed by atoms with Crippen molar-refractivity contribution in [3.63, 3.8) is 0 Å². The molecule has 1 rings (SSSR count). The predicted octanol–water partition coefficient (Wildman–Crippen LogP) is 3.62. The van der Waals surface area contributed by atoms with Crippen LogP contribution in [0.1, 0.15) is 79.6 Å². The predicted molar refractivity (Wildman–Crippen MR) is 83.5 cm³/mol. The van der Waals surface area contributed by atoms with Gasteiger partial charge in [0.2, 0.25) is 0 Å². The molecule has 0 radical (unpaired) electrons. The summed E-state index contributed by atoms with van der Waals surface area (Å²) in [4.78, 5) is 39.8. The van der Waals surface area contributed by atoms with Gasteiger partial charge >= 0.3 is 5.97 Å². The van der Waals surface area contributed by atoms with Crippen LogP contribution in [0.2, 0.25) is 0 Å². The van der Waals surface area contributed by atoms with Crippen molar-refractivity contribution < 1.29 is 19.2 Å². The molecule has 0 bridgehead atoms. The highest BCUT2D eigenvalue weighted by molar-refractivity contribution is 6.01. The number of hydrogen-bond acceptors (Lipinski definition) is 4. The molecule has 5 nitrogen and oxygen atoms in total. The molecule has 0 atom stereocenters. The van der Waals surface area contributed by atoms with Gasteiger partial charge in [-0.15, -0.1) is 5.06 Å². The minimum atomic E-state index is -0.511. The van der Waals surface area contributed by atoms with Gasteiger partial charge in [-0.2, -0.15) is 0 Å². The summed E-state index contributed by atoms with van der Waals surface area (Å²) in [6.45, 7) is 10.7. The molecule has 0 saturated carbocycles. The lowest BCUT2D eigenvalue weighted by Crippen LogP contribution is -2.33. The number of imide groups is 1. The van der Waals surface area contributed by atoms with E-state index in [4.69, 9.17) is 4.84 Å². The molecule has 126 valence electrons. The molecule has 5 heteroatoms. The first-order chi connectivity index (χ1) is 10.1. The second kappa shape index (κ2) is 7.25. The van der Waals surface area contributed by atoms with Crippen LogP contribution >= 0.6 is 0 Å². The van der Waals surface area contributed by atoms with E-state index in [9.17, 15) is 14.4 Å². The largest absolute Gasteiger partial charge is 0.333 e. The Kier molecular flexibility index (Phi) is 6.15. The second-order valence-corrected chi connectivity index (χ2v) is 7.40. The number of carbonyl (C=O) groups excluding carboxylic acids is 3. The van der Waals surface area contributed by atoms with Crippen LogP contribution in [0, 0.1) is 10.8 Å². The summed E-state index contributed by atoms with van der Waals surface area (Å²) in [6, 6.07) is 0. The van der Waals surface area contributed by atoms with Crippen molar-refractivity contribution in [2.45, 2.75) is 79.6 Å². The molecule has 0 spiro atoms. The van der Waals surface area contributed by atoms with E-state index in [1.54, 1.807) is 0 Å². The zero-order valence-electron chi connectivity index (χ0n) is 14.5. The van der Waals surface area contributed by atoms with Crippen molar-refractivity contribution in [1.82, 2.24) is 5.06 Å². The maximum Gasteiger partial charge on any atom is 0.333 e. The van der Waals surface area contributed by atoms with Gasteiger partial charge in [-0.1, -0.05) is 47.5 Å². The summed E-state index contributed by atoms with van der Waals surface area (Å²) >= 11 is 0. The Morgan fingerprint density at radius 1 is 1.05 bits per heavy atom. The monoisotopic (exact) mass is 311 g/mol. The molecule has 0 aromatic rings. The Bertz CT molecular complexity index is 422. The van der Waals surface area contributed by atoms with Gasteiger partial charge in [0.1, 0.15) is 0 Å². The molecule has 0 aromatic heterocycles. The van der Waals surface area contributed by atoms with Crippen molar-refractivity contribution in [2.24, 2.45) is 10.8 Å². The summed E-state index contributed by atoms with van der Waals surface area (Å²) in [5.74, 6) is -1.37. The molecule has 0 aromatic carbocycles. The lowest BCUT2D eigenvalue weighted by molar-refractivity contribution is -0.199. The fourth-order valence-electron chi connectivity index (χ4n) is 2.51. The third kappa shape index (κ3) is 5.11. The minimum Gasteiger partial charge on any atom is -0.330 e. The van der Waals surface area contributed by atoms with Gasteiger partial charge in [-0.05, 0) is 23.7 Å². The van der Waals surface area contributed by atoms with Gasteiger partial charge in [0, 0.05) is 12.8 Å². The van der Waals surface area contributed by atoms with Gasteiger partial charge in [0.25, 0.3) is 11.8 Å². The average Bonchev–Trinajstić information content (AvgIpc) is 2.76. The molecule has 0 unspecified atom stereocenters. The normalized spacial score (nSPS) is 16.3. The first-order valence-corrected chi connectivity index (χ1v) is 8.19. The van der Waals surface area contributed by atoms with Crippen LogP contribution in [0.3, 0.4) is 0 Å². The maximum absolute atomic E-state index is 12.0. The molecule has 0 N–H and O–H groups in total. The van der Waals surface area contributed by atoms with E-state index >= 15 is 0 Å². The SMILES string of the molecule is CCC(C)(CC)CCC(C)(C)CC(=O)ON1C(=O)CCC1=O. The van der Waals surface area contributed by atoms with Gasteiger partial charge in [-0.25, -0.2) is 4.79 Å². The van der Waals surface area contributed by atoms with E-state index in [1.807, 2.05) is 13.8 Å². The molecular weight excluding hydrogens is 282 g/mol. The van der Waals surface area contributed by atoms with E-state index in [0.717, 1.165) is 25.7 Å². The fourth-order valence-corrected chi connectivity index (χ4v) is 2.51. The van der Waals surface area contributed by atoms with Gasteiger partial charge in [0.15, 0.2) is 0 Å². The maximum atomic E-state index is 12.0. The van der Waals surface area contributed by atoms with Gasteiger partial charge in [-0.3, -0.25) is 9.59 Å². The fraction of sp³-hybridized carbons (Fsp3) is 0.824. The molecular formula is C17H29NO4. The van der Waals surface area contributed by atoms with Crippen molar-refractivity contribution in [3.05, 3.63) is 0 Å². The number of hydrogen-bond donors (Lipinski definition) is 0. The lowest BCUT2D eigenvalue weighted by Gasteiger charge is -2.32. The molecule has 1 heterocycles. The molecule has 1 fully saturated rings. The molecule has 0 aliphatic carbocycles. The van der Waals surface area contributed by atoms with Crippen LogP contribution in [0.15, 0.2) is 0 Å². The third-order valence-corrected chi connectivity index (χ3v) is 4.93. The molecule has 22 heavy (non-hydrogen) atoms. The zero-order valence-corrected chi connectivity index (χ0v) is 14.5. The number of hydroxylamine groups is 2. The quantitative estimate of drug-likeness (QED) is 0.642. The van der Waals surface area contributed by atoms with Crippen molar-refractivity contribution in [2.75, 3.05) is 0 Å². The Balaban J connectivity index is 2.51. The second-order valence-electron chi connectivity index (χ2n) is 7.40. The van der Waals surface area contributed by atoms with Crippen LogP contribution in [-0.4, -0.2) is 22.8 Å². The number of nitrogens with zero attached hydrogens (tertiary/aromatic N) is 1. The molecule has 1 aliphatic heterocycles. The van der Waals surface area contributed by atoms with Crippen molar-refractivity contribution >= 4 is 17.8 Å². The number of amides is 2. The lowest BCUT2D eigenvalue weighted by atomic mass is 9.74. The van der Waals surface area contributed by atoms with E-state index in [1.165, 1.54) is 0 Å². The minimum absolute atomic E-state index is 0.126. The first kappa shape index (κ1) is 18.7. The molecule has 2 amide bonds. The third-order valence-electron chi connectivity index (χ3n) is 4.93. The standard InChI is InChI=1S/C17H29NO4/c1-6-17(5,7-2)11-10-16(3,4)12-15(21)22-18-13(19)8-9-14(18)20/h6-12H2,1-5H3. The zero-order chi connectivity index (χ0) is 17.0. The van der Waals surface area contributed by atoms with E-state index in [0.29, 0.717) is 10.5 Å². The highest BCUT2D eigenvalue weighted by atomic mass is 16.7. The Hall–Kier alpha value is -1.39. The van der Waals surface area contributed by atoms with Crippen LogP contribution in [0.25, 0.3) is 0 Å². The van der Waals surface area contributed by atoms with Crippen LogP contribution in [-0.2, 0) is 19.2 Å². The summed E-state index contributed by atoms with van der Waals surface area (Å²) in [6.07, 6.45) is 4.63. The van der Waals surface area contributed by atoms with Crippen LogP contribution in [0.4, 0.5) is 0 Å². The van der Waals surface area contributed by atoms with Crippen LogP contribution < -0.4 is 0 Å². The average molecular weight is 311 g/mol. The summed E-state index contributed by atoms with van der Waals surface area (Å²) < 4.78 is 0. The first-order valence-electron chi connectivity index (χ1n) is 8.19. The summed E-state index contributed by atoms with van der Waals surface area (Å²) in [5, 5.41) is 0.626. The van der Waals surface area contributed by atoms with Crippen molar-refractivity contribution in [3.8, 4) is 0 Å². The summed E-state index contributed by atoms with van der Waals surface area (Å²) in [7, 11) is 0. The van der Waals surface area contributed by atoms with E-state index in [2.05, 4.69) is 20.8 Å². The number of rotatable bonds is 8. The van der Waals surface area contributed by atoms with Crippen molar-refractivity contribution in [1.29, 1.82) is 0 Å². The Morgan fingerprint density at radius 3 is 2.00 bits per heavy atom. The highest BCUT2D eigenvalue weighted by Crippen LogP contribution is 2.37. The van der Waals surface area contributed by atoms with E-state index in [-0.39, 0.29) is 24.7 Å². The van der Waals surface area contributed by atoms with Gasteiger partial charge < -0.3 is 4.84 Å².